The first-order valence-electron chi connectivity index (χ1n) is 3.99. The van der Waals surface area contributed by atoms with Crippen molar-refractivity contribution in [2.45, 2.75) is 32.6 Å². The highest BCUT2D eigenvalue weighted by Gasteiger charge is 1.85. The fraction of sp³-hybridized carbons (Fsp3) is 0.600. The number of hydrogen-bond acceptors (Lipinski definition) is 1. The third-order valence-electron chi connectivity index (χ3n) is 1.30. The first kappa shape index (κ1) is 10.5. The van der Waals surface area contributed by atoms with Gasteiger partial charge < -0.3 is 0 Å². The van der Waals surface area contributed by atoms with E-state index in [0.717, 1.165) is 5.75 Å². The van der Waals surface area contributed by atoms with Crippen molar-refractivity contribution in [1.29, 1.82) is 0 Å². The molecular weight excluding hydrogens is 152 g/mol. The van der Waals surface area contributed by atoms with E-state index in [-0.39, 0.29) is 0 Å². The Kier molecular flexibility index (Phi) is 9.01. The number of rotatable bonds is 5. The molecule has 60 valence electrons. The van der Waals surface area contributed by atoms with Gasteiger partial charge in [-0.3, -0.25) is 0 Å². The van der Waals surface area contributed by atoms with E-state index in [2.05, 4.69) is 24.0 Å². The first-order valence-corrected chi connectivity index (χ1v) is 4.97. The molecule has 0 amide bonds. The second kappa shape index (κ2) is 9.47. The lowest BCUT2D eigenvalue weighted by molar-refractivity contribution is 0.707. The standard InChI is InChI=1S/C10H14S/c1-3-5-7-8-10-11-9-6-4-2/h2H,3,5,7-8,10H2,1H3. The van der Waals surface area contributed by atoms with Crippen LogP contribution in [-0.4, -0.2) is 5.75 Å². The van der Waals surface area contributed by atoms with Gasteiger partial charge in [0.1, 0.15) is 0 Å². The molecule has 0 radical (unpaired) electrons. The predicted octanol–water partition coefficient (Wildman–Crippen LogP) is 2.89. The molecule has 0 aliphatic carbocycles. The Hall–Kier alpha value is -0.530. The molecule has 0 rings (SSSR count). The fourth-order valence-corrected chi connectivity index (χ4v) is 1.30. The largest absolute Gasteiger partial charge is 0.106 e. The maximum Gasteiger partial charge on any atom is 0.00570 e. The van der Waals surface area contributed by atoms with Gasteiger partial charge in [-0.1, -0.05) is 37.9 Å². The van der Waals surface area contributed by atoms with E-state index in [1.165, 1.54) is 25.7 Å². The zero-order chi connectivity index (χ0) is 8.36. The minimum absolute atomic E-state index is 1.12. The summed E-state index contributed by atoms with van der Waals surface area (Å²) in [6.07, 6.45) is 10.2. The lowest BCUT2D eigenvalue weighted by Crippen LogP contribution is -1.77. The zero-order valence-electron chi connectivity index (χ0n) is 7.02. The predicted molar refractivity (Wildman–Crippen MR) is 53.2 cm³/mol. The van der Waals surface area contributed by atoms with Gasteiger partial charge in [0.2, 0.25) is 0 Å². The van der Waals surface area contributed by atoms with Gasteiger partial charge in [0, 0.05) is 5.75 Å². The van der Waals surface area contributed by atoms with Crippen molar-refractivity contribution in [2.75, 3.05) is 5.75 Å². The van der Waals surface area contributed by atoms with E-state index in [0.29, 0.717) is 0 Å². The van der Waals surface area contributed by atoms with Crippen molar-refractivity contribution in [3.05, 3.63) is 0 Å². The van der Waals surface area contributed by atoms with Gasteiger partial charge in [-0.2, -0.15) is 0 Å². The molecule has 0 fully saturated rings. The third kappa shape index (κ3) is 9.47. The van der Waals surface area contributed by atoms with Gasteiger partial charge in [-0.05, 0) is 23.5 Å². The van der Waals surface area contributed by atoms with Gasteiger partial charge >= 0.3 is 0 Å². The van der Waals surface area contributed by atoms with Crippen molar-refractivity contribution in [3.8, 4) is 23.5 Å². The summed E-state index contributed by atoms with van der Waals surface area (Å²) in [5.41, 5.74) is 0. The Morgan fingerprint density at radius 1 is 1.27 bits per heavy atom. The molecule has 0 unspecified atom stereocenters. The summed E-state index contributed by atoms with van der Waals surface area (Å²) in [5, 5.41) is 2.84. The van der Waals surface area contributed by atoms with Gasteiger partial charge in [-0.15, -0.1) is 6.42 Å². The maximum atomic E-state index is 4.95. The zero-order valence-corrected chi connectivity index (χ0v) is 7.84. The number of thioether (sulfide) groups is 1. The van der Waals surface area contributed by atoms with E-state index in [4.69, 9.17) is 6.42 Å². The minimum atomic E-state index is 1.12. The summed E-state index contributed by atoms with van der Waals surface area (Å²) < 4.78 is 0. The van der Waals surface area contributed by atoms with E-state index in [9.17, 15) is 0 Å². The molecule has 0 atom stereocenters. The van der Waals surface area contributed by atoms with Crippen LogP contribution in [0.3, 0.4) is 0 Å². The van der Waals surface area contributed by atoms with E-state index in [1.54, 1.807) is 11.8 Å². The smallest absolute Gasteiger partial charge is 0.00570 e. The molecular formula is C10H14S. The van der Waals surface area contributed by atoms with Crippen LogP contribution < -0.4 is 0 Å². The fourth-order valence-electron chi connectivity index (χ4n) is 0.718. The van der Waals surface area contributed by atoms with Crippen LogP contribution in [0.1, 0.15) is 32.6 Å². The number of terminal acetylenes is 1. The number of hydrogen-bond donors (Lipinski definition) is 0. The highest BCUT2D eigenvalue weighted by Crippen LogP contribution is 2.05. The van der Waals surface area contributed by atoms with E-state index >= 15 is 0 Å². The van der Waals surface area contributed by atoms with Crippen LogP contribution >= 0.6 is 11.8 Å². The molecule has 0 aromatic carbocycles. The monoisotopic (exact) mass is 166 g/mol. The van der Waals surface area contributed by atoms with Gasteiger partial charge in [-0.25, -0.2) is 0 Å². The first-order chi connectivity index (χ1) is 5.41. The maximum absolute atomic E-state index is 4.95. The quantitative estimate of drug-likeness (QED) is 0.447. The number of unbranched alkanes of at least 4 members (excludes halogenated alkanes) is 3. The van der Waals surface area contributed by atoms with E-state index in [1.807, 2.05) is 0 Å². The molecule has 0 saturated heterocycles. The molecule has 0 aromatic heterocycles. The normalized spacial score (nSPS) is 8.00. The van der Waals surface area contributed by atoms with Crippen LogP contribution in [0.4, 0.5) is 0 Å². The van der Waals surface area contributed by atoms with Crippen molar-refractivity contribution < 1.29 is 0 Å². The van der Waals surface area contributed by atoms with Crippen LogP contribution in [0.5, 0.6) is 0 Å². The average molecular weight is 166 g/mol. The van der Waals surface area contributed by atoms with Gasteiger partial charge in [0.25, 0.3) is 0 Å². The molecule has 0 bridgehead atoms. The molecule has 0 nitrogen and oxygen atoms in total. The highest BCUT2D eigenvalue weighted by atomic mass is 32.2. The Morgan fingerprint density at radius 2 is 2.09 bits per heavy atom. The van der Waals surface area contributed by atoms with Crippen LogP contribution in [0.25, 0.3) is 0 Å². The lowest BCUT2D eigenvalue weighted by Gasteiger charge is -1.93. The van der Waals surface area contributed by atoms with Crippen molar-refractivity contribution in [2.24, 2.45) is 0 Å². The Morgan fingerprint density at radius 3 is 2.73 bits per heavy atom. The second-order valence-corrected chi connectivity index (χ2v) is 3.18. The summed E-state index contributed by atoms with van der Waals surface area (Å²) in [7, 11) is 0. The SMILES string of the molecule is C#CC#CSCCCCCC. The Labute approximate surface area is 74.1 Å². The second-order valence-electron chi connectivity index (χ2n) is 2.28. The summed E-state index contributed by atoms with van der Waals surface area (Å²) >= 11 is 1.62. The molecule has 0 aromatic rings. The van der Waals surface area contributed by atoms with E-state index < -0.39 is 0 Å². The van der Waals surface area contributed by atoms with Gasteiger partial charge in [0.05, 0.1) is 0 Å². The van der Waals surface area contributed by atoms with Crippen LogP contribution in [0.15, 0.2) is 0 Å². The van der Waals surface area contributed by atoms with Crippen molar-refractivity contribution in [3.63, 3.8) is 0 Å². The summed E-state index contributed by atoms with van der Waals surface area (Å²) in [4.78, 5) is 0. The summed E-state index contributed by atoms with van der Waals surface area (Å²) in [5.74, 6) is 5.99. The van der Waals surface area contributed by atoms with Crippen LogP contribution in [0, 0.1) is 23.5 Å². The van der Waals surface area contributed by atoms with Crippen molar-refractivity contribution in [1.82, 2.24) is 0 Å². The molecule has 11 heavy (non-hydrogen) atoms. The average Bonchev–Trinajstić information content (AvgIpc) is 2.03. The highest BCUT2D eigenvalue weighted by molar-refractivity contribution is 8.03. The molecule has 0 N–H and O–H groups in total. The molecule has 0 saturated carbocycles. The molecule has 0 aliphatic rings. The molecule has 0 spiro atoms. The molecule has 0 heterocycles. The minimum Gasteiger partial charge on any atom is -0.106 e. The topological polar surface area (TPSA) is 0 Å². The van der Waals surface area contributed by atoms with Gasteiger partial charge in [0.15, 0.2) is 0 Å². The third-order valence-corrected chi connectivity index (χ3v) is 2.03. The molecule has 1 heteroatoms. The lowest BCUT2D eigenvalue weighted by atomic mass is 10.2. The summed E-state index contributed by atoms with van der Waals surface area (Å²) in [6.45, 7) is 2.21. The van der Waals surface area contributed by atoms with Crippen molar-refractivity contribution >= 4 is 11.8 Å². The summed E-state index contributed by atoms with van der Waals surface area (Å²) in [6, 6.07) is 0. The molecule has 0 aliphatic heterocycles. The van der Waals surface area contributed by atoms with Crippen LogP contribution in [-0.2, 0) is 0 Å². The van der Waals surface area contributed by atoms with Crippen LogP contribution in [0.2, 0.25) is 0 Å². The Balaban J connectivity index is 2.98. The Bertz CT molecular complexity index is 166.